The lowest BCUT2D eigenvalue weighted by Crippen LogP contribution is -2.29. The Hall–Kier alpha value is -1.39. The van der Waals surface area contributed by atoms with E-state index in [1.54, 1.807) is 12.1 Å². The summed E-state index contributed by atoms with van der Waals surface area (Å²) in [5, 5.41) is 21.0. The van der Waals surface area contributed by atoms with Crippen LogP contribution < -0.4 is 5.32 Å². The number of hydrogen-bond acceptors (Lipinski definition) is 3. The SMILES string of the molecule is CC(C)(CCCO)CNCc1ccc(C(=O)O)cc1. The molecule has 0 atom stereocenters. The third kappa shape index (κ3) is 5.85. The van der Waals surface area contributed by atoms with Crippen LogP contribution in [0.15, 0.2) is 24.3 Å². The molecule has 19 heavy (non-hydrogen) atoms. The van der Waals surface area contributed by atoms with Gasteiger partial charge in [0.15, 0.2) is 0 Å². The van der Waals surface area contributed by atoms with Crippen molar-refractivity contribution in [1.29, 1.82) is 0 Å². The molecule has 1 aromatic carbocycles. The van der Waals surface area contributed by atoms with Crippen LogP contribution in [0.2, 0.25) is 0 Å². The van der Waals surface area contributed by atoms with Crippen LogP contribution in [0.25, 0.3) is 0 Å². The van der Waals surface area contributed by atoms with Gasteiger partial charge in [0.2, 0.25) is 0 Å². The van der Waals surface area contributed by atoms with Crippen LogP contribution in [-0.4, -0.2) is 29.3 Å². The predicted octanol–water partition coefficient (Wildman–Crippen LogP) is 2.27. The lowest BCUT2D eigenvalue weighted by atomic mass is 9.88. The first-order valence-corrected chi connectivity index (χ1v) is 6.58. The standard InChI is InChI=1S/C15H23NO3/c1-15(2,8-3-9-17)11-16-10-12-4-6-13(7-5-12)14(18)19/h4-7,16-17H,3,8-11H2,1-2H3,(H,18,19). The Labute approximate surface area is 114 Å². The van der Waals surface area contributed by atoms with Gasteiger partial charge in [0.1, 0.15) is 0 Å². The first-order chi connectivity index (χ1) is 8.94. The van der Waals surface area contributed by atoms with E-state index in [-0.39, 0.29) is 12.0 Å². The minimum Gasteiger partial charge on any atom is -0.478 e. The molecule has 0 radical (unpaired) electrons. The molecule has 0 unspecified atom stereocenters. The van der Waals surface area contributed by atoms with Crippen molar-refractivity contribution in [3.63, 3.8) is 0 Å². The molecule has 106 valence electrons. The Balaban J connectivity index is 2.38. The average molecular weight is 265 g/mol. The fourth-order valence-electron chi connectivity index (χ4n) is 1.96. The molecule has 0 saturated heterocycles. The van der Waals surface area contributed by atoms with Crippen molar-refractivity contribution in [3.8, 4) is 0 Å². The number of nitrogens with one attached hydrogen (secondary N) is 1. The second-order valence-electron chi connectivity index (χ2n) is 5.60. The van der Waals surface area contributed by atoms with E-state index in [1.807, 2.05) is 12.1 Å². The van der Waals surface area contributed by atoms with Crippen LogP contribution in [-0.2, 0) is 6.54 Å². The Morgan fingerprint density at radius 3 is 2.42 bits per heavy atom. The quantitative estimate of drug-likeness (QED) is 0.674. The van der Waals surface area contributed by atoms with Gasteiger partial charge in [0, 0.05) is 19.7 Å². The summed E-state index contributed by atoms with van der Waals surface area (Å²) >= 11 is 0. The van der Waals surface area contributed by atoms with Gasteiger partial charge in [-0.15, -0.1) is 0 Å². The second-order valence-corrected chi connectivity index (χ2v) is 5.60. The maximum Gasteiger partial charge on any atom is 0.335 e. The Bertz CT molecular complexity index is 398. The molecule has 3 N–H and O–H groups in total. The van der Waals surface area contributed by atoms with Crippen LogP contribution in [0.5, 0.6) is 0 Å². The highest BCUT2D eigenvalue weighted by atomic mass is 16.4. The van der Waals surface area contributed by atoms with Crippen LogP contribution >= 0.6 is 0 Å². The van der Waals surface area contributed by atoms with E-state index in [0.29, 0.717) is 5.56 Å². The first-order valence-electron chi connectivity index (χ1n) is 6.58. The zero-order valence-corrected chi connectivity index (χ0v) is 11.6. The summed E-state index contributed by atoms with van der Waals surface area (Å²) in [6.07, 6.45) is 1.80. The molecule has 0 spiro atoms. The van der Waals surface area contributed by atoms with E-state index in [2.05, 4.69) is 19.2 Å². The van der Waals surface area contributed by atoms with Crippen molar-refractivity contribution in [2.75, 3.05) is 13.2 Å². The number of benzene rings is 1. The van der Waals surface area contributed by atoms with Gasteiger partial charge < -0.3 is 15.5 Å². The van der Waals surface area contributed by atoms with Crippen LogP contribution in [0.3, 0.4) is 0 Å². The highest BCUT2D eigenvalue weighted by Gasteiger charge is 2.16. The topological polar surface area (TPSA) is 69.6 Å². The summed E-state index contributed by atoms with van der Waals surface area (Å²) in [4.78, 5) is 10.7. The number of aliphatic hydroxyl groups is 1. The van der Waals surface area contributed by atoms with Crippen molar-refractivity contribution >= 4 is 5.97 Å². The summed E-state index contributed by atoms with van der Waals surface area (Å²) in [6, 6.07) is 6.90. The van der Waals surface area contributed by atoms with Gasteiger partial charge >= 0.3 is 5.97 Å². The summed E-state index contributed by atoms with van der Waals surface area (Å²) < 4.78 is 0. The third-order valence-electron chi connectivity index (χ3n) is 3.15. The normalized spacial score (nSPS) is 11.5. The third-order valence-corrected chi connectivity index (χ3v) is 3.15. The van der Waals surface area contributed by atoms with Gasteiger partial charge in [-0.1, -0.05) is 26.0 Å². The lowest BCUT2D eigenvalue weighted by Gasteiger charge is -2.24. The van der Waals surface area contributed by atoms with E-state index < -0.39 is 5.97 Å². The molecule has 0 heterocycles. The Kier molecular flexibility index (Phi) is 5.99. The molecule has 0 aliphatic rings. The minimum atomic E-state index is -0.898. The summed E-state index contributed by atoms with van der Waals surface area (Å²) in [6.45, 7) is 6.17. The zero-order chi connectivity index (χ0) is 14.3. The largest absolute Gasteiger partial charge is 0.478 e. The summed E-state index contributed by atoms with van der Waals surface area (Å²) in [5.41, 5.74) is 1.54. The molecular formula is C15H23NO3. The van der Waals surface area contributed by atoms with Crippen LogP contribution in [0.4, 0.5) is 0 Å². The highest BCUT2D eigenvalue weighted by molar-refractivity contribution is 5.87. The van der Waals surface area contributed by atoms with Crippen molar-refractivity contribution in [2.45, 2.75) is 33.2 Å². The summed E-state index contributed by atoms with van der Waals surface area (Å²) in [7, 11) is 0. The molecule has 1 rings (SSSR count). The maximum absolute atomic E-state index is 10.7. The molecule has 0 saturated carbocycles. The smallest absolute Gasteiger partial charge is 0.335 e. The average Bonchev–Trinajstić information content (AvgIpc) is 2.37. The number of carbonyl (C=O) groups is 1. The number of rotatable bonds is 8. The molecule has 0 amide bonds. The molecule has 1 aromatic rings. The molecule has 0 bridgehead atoms. The number of aliphatic hydroxyl groups excluding tert-OH is 1. The van der Waals surface area contributed by atoms with Crippen molar-refractivity contribution in [1.82, 2.24) is 5.32 Å². The zero-order valence-electron chi connectivity index (χ0n) is 11.6. The molecule has 0 fully saturated rings. The number of hydrogen-bond donors (Lipinski definition) is 3. The second kappa shape index (κ2) is 7.26. The van der Waals surface area contributed by atoms with E-state index in [9.17, 15) is 4.79 Å². The molecule has 0 aliphatic carbocycles. The lowest BCUT2D eigenvalue weighted by molar-refractivity contribution is 0.0697. The number of carboxylic acids is 1. The molecular weight excluding hydrogens is 242 g/mol. The van der Waals surface area contributed by atoms with Crippen molar-refractivity contribution < 1.29 is 15.0 Å². The molecule has 4 nitrogen and oxygen atoms in total. The van der Waals surface area contributed by atoms with Gasteiger partial charge in [-0.05, 0) is 36.0 Å². The minimum absolute atomic E-state index is 0.156. The molecule has 0 aliphatic heterocycles. The fourth-order valence-corrected chi connectivity index (χ4v) is 1.96. The van der Waals surface area contributed by atoms with E-state index >= 15 is 0 Å². The molecule has 0 aromatic heterocycles. The van der Waals surface area contributed by atoms with Crippen LogP contribution in [0, 0.1) is 5.41 Å². The molecule has 4 heteroatoms. The Morgan fingerprint density at radius 1 is 1.26 bits per heavy atom. The van der Waals surface area contributed by atoms with Crippen LogP contribution in [0.1, 0.15) is 42.6 Å². The number of aromatic carboxylic acids is 1. The maximum atomic E-state index is 10.7. The van der Waals surface area contributed by atoms with Gasteiger partial charge in [-0.25, -0.2) is 4.79 Å². The van der Waals surface area contributed by atoms with Crippen molar-refractivity contribution in [3.05, 3.63) is 35.4 Å². The fraction of sp³-hybridized carbons (Fsp3) is 0.533. The van der Waals surface area contributed by atoms with E-state index in [1.165, 1.54) is 0 Å². The Morgan fingerprint density at radius 2 is 1.89 bits per heavy atom. The monoisotopic (exact) mass is 265 g/mol. The predicted molar refractivity (Wildman–Crippen MR) is 75.2 cm³/mol. The van der Waals surface area contributed by atoms with E-state index in [0.717, 1.165) is 31.5 Å². The first kappa shape index (κ1) is 15.7. The van der Waals surface area contributed by atoms with Crippen molar-refractivity contribution in [2.24, 2.45) is 5.41 Å². The highest BCUT2D eigenvalue weighted by Crippen LogP contribution is 2.20. The van der Waals surface area contributed by atoms with Gasteiger partial charge in [0.25, 0.3) is 0 Å². The summed E-state index contributed by atoms with van der Waals surface area (Å²) in [5.74, 6) is -0.898. The van der Waals surface area contributed by atoms with Gasteiger partial charge in [-0.3, -0.25) is 0 Å². The number of carboxylic acid groups (broad SMARTS) is 1. The van der Waals surface area contributed by atoms with E-state index in [4.69, 9.17) is 10.2 Å². The van der Waals surface area contributed by atoms with Gasteiger partial charge in [0.05, 0.1) is 5.56 Å². The van der Waals surface area contributed by atoms with Gasteiger partial charge in [-0.2, -0.15) is 0 Å².